The maximum Gasteiger partial charge on any atom is 0.308 e. The van der Waals surface area contributed by atoms with Crippen LogP contribution in [0, 0.1) is 0 Å². The molecule has 2 aromatic rings. The molecule has 1 aromatic heterocycles. The van der Waals surface area contributed by atoms with E-state index in [4.69, 9.17) is 13.9 Å². The molecule has 6 heteroatoms. The van der Waals surface area contributed by atoms with Crippen LogP contribution in [0.3, 0.4) is 0 Å². The van der Waals surface area contributed by atoms with Gasteiger partial charge < -0.3 is 13.9 Å². The van der Waals surface area contributed by atoms with Gasteiger partial charge in [-0.05, 0) is 12.1 Å². The molecule has 0 fully saturated rings. The molecule has 0 N–H and O–H groups in total. The van der Waals surface area contributed by atoms with Crippen LogP contribution in [0.5, 0.6) is 11.5 Å². The van der Waals surface area contributed by atoms with E-state index >= 15 is 0 Å². The normalized spacial score (nSPS) is 10.0. The third-order valence-electron chi connectivity index (χ3n) is 2.18. The minimum atomic E-state index is -0.527. The quantitative estimate of drug-likeness (QED) is 0.622. The van der Waals surface area contributed by atoms with Gasteiger partial charge in [-0.3, -0.25) is 9.59 Å². The van der Waals surface area contributed by atoms with E-state index in [1.807, 2.05) is 0 Å². The number of oxazole rings is 1. The molecule has 1 aromatic carbocycles. The van der Waals surface area contributed by atoms with Crippen molar-refractivity contribution in [1.29, 1.82) is 0 Å². The largest absolute Gasteiger partial charge is 0.443 e. The van der Waals surface area contributed by atoms with Crippen molar-refractivity contribution in [3.8, 4) is 22.8 Å². The number of hydrogen-bond donors (Lipinski definition) is 0. The second-order valence-corrected chi connectivity index (χ2v) is 3.69. The van der Waals surface area contributed by atoms with E-state index in [0.717, 1.165) is 0 Å². The Hall–Kier alpha value is -2.63. The zero-order chi connectivity index (χ0) is 13.8. The predicted octanol–water partition coefficient (Wildman–Crippen LogP) is 2.19. The average molecular weight is 261 g/mol. The monoisotopic (exact) mass is 261 g/mol. The van der Waals surface area contributed by atoms with E-state index in [1.165, 1.54) is 32.5 Å². The third-order valence-corrected chi connectivity index (χ3v) is 2.18. The van der Waals surface area contributed by atoms with E-state index < -0.39 is 11.9 Å². The first-order valence-electron chi connectivity index (χ1n) is 5.46. The molecule has 19 heavy (non-hydrogen) atoms. The average Bonchev–Trinajstić information content (AvgIpc) is 2.83. The number of hydrogen-bond acceptors (Lipinski definition) is 6. The lowest BCUT2D eigenvalue weighted by Gasteiger charge is -2.11. The Morgan fingerprint density at radius 1 is 1.16 bits per heavy atom. The highest BCUT2D eigenvalue weighted by atomic mass is 16.6. The number of nitrogens with zero attached hydrogens (tertiary/aromatic N) is 1. The van der Waals surface area contributed by atoms with Crippen LogP contribution in [0.1, 0.15) is 13.8 Å². The van der Waals surface area contributed by atoms with Crippen LogP contribution >= 0.6 is 0 Å². The first-order chi connectivity index (χ1) is 9.08. The molecule has 0 aliphatic rings. The van der Waals surface area contributed by atoms with Gasteiger partial charge in [-0.25, -0.2) is 4.98 Å². The topological polar surface area (TPSA) is 78.6 Å². The fraction of sp³-hybridized carbons (Fsp3) is 0.154. The molecule has 0 aliphatic carbocycles. The summed E-state index contributed by atoms with van der Waals surface area (Å²) in [5, 5.41) is 0. The molecule has 2 rings (SSSR count). The summed E-state index contributed by atoms with van der Waals surface area (Å²) in [5.74, 6) is -0.354. The summed E-state index contributed by atoms with van der Waals surface area (Å²) in [7, 11) is 0. The minimum Gasteiger partial charge on any atom is -0.443 e. The van der Waals surface area contributed by atoms with Crippen molar-refractivity contribution in [2.75, 3.05) is 0 Å². The molecule has 0 unspecified atom stereocenters. The maximum atomic E-state index is 11.2. The SMILES string of the molecule is CC(=O)Oc1cccc(-c2cnco2)c1OC(C)=O. The number of esters is 2. The van der Waals surface area contributed by atoms with Crippen molar-refractivity contribution < 1.29 is 23.5 Å². The van der Waals surface area contributed by atoms with Gasteiger partial charge in [-0.2, -0.15) is 0 Å². The van der Waals surface area contributed by atoms with Crippen LogP contribution in [0.4, 0.5) is 0 Å². The standard InChI is InChI=1S/C13H11NO5/c1-8(15)18-11-5-3-4-10(12-6-14-7-17-12)13(11)19-9(2)16/h3-7H,1-2H3. The summed E-state index contributed by atoms with van der Waals surface area (Å²) in [5.41, 5.74) is 0.478. The van der Waals surface area contributed by atoms with Crippen LogP contribution in [0.25, 0.3) is 11.3 Å². The molecule has 0 bridgehead atoms. The molecular formula is C13H11NO5. The van der Waals surface area contributed by atoms with Crippen LogP contribution in [-0.2, 0) is 9.59 Å². The van der Waals surface area contributed by atoms with Crippen molar-refractivity contribution in [2.24, 2.45) is 0 Å². The van der Waals surface area contributed by atoms with Crippen molar-refractivity contribution in [3.05, 3.63) is 30.8 Å². The number of benzene rings is 1. The lowest BCUT2D eigenvalue weighted by atomic mass is 10.1. The van der Waals surface area contributed by atoms with E-state index in [1.54, 1.807) is 12.1 Å². The summed E-state index contributed by atoms with van der Waals surface area (Å²) in [4.78, 5) is 26.0. The molecule has 0 radical (unpaired) electrons. The highest BCUT2D eigenvalue weighted by Gasteiger charge is 2.18. The molecule has 0 aliphatic heterocycles. The molecule has 6 nitrogen and oxygen atoms in total. The molecule has 98 valence electrons. The molecule has 0 atom stereocenters. The smallest absolute Gasteiger partial charge is 0.308 e. The second-order valence-electron chi connectivity index (χ2n) is 3.69. The van der Waals surface area contributed by atoms with Gasteiger partial charge >= 0.3 is 11.9 Å². The Morgan fingerprint density at radius 2 is 1.89 bits per heavy atom. The molecule has 0 spiro atoms. The van der Waals surface area contributed by atoms with Crippen molar-refractivity contribution >= 4 is 11.9 Å². The van der Waals surface area contributed by atoms with Crippen molar-refractivity contribution in [2.45, 2.75) is 13.8 Å². The van der Waals surface area contributed by atoms with Gasteiger partial charge in [0.15, 0.2) is 23.7 Å². The number of carbonyl (C=O) groups excluding carboxylic acids is 2. The van der Waals surface area contributed by atoms with Gasteiger partial charge in [-0.15, -0.1) is 0 Å². The highest BCUT2D eigenvalue weighted by molar-refractivity contribution is 5.79. The number of aromatic nitrogens is 1. The van der Waals surface area contributed by atoms with Crippen molar-refractivity contribution in [3.63, 3.8) is 0 Å². The van der Waals surface area contributed by atoms with Crippen LogP contribution < -0.4 is 9.47 Å². The fourth-order valence-corrected chi connectivity index (χ4v) is 1.54. The van der Waals surface area contributed by atoms with E-state index in [-0.39, 0.29) is 11.5 Å². The van der Waals surface area contributed by atoms with Gasteiger partial charge in [0.25, 0.3) is 0 Å². The first-order valence-corrected chi connectivity index (χ1v) is 5.46. The predicted molar refractivity (Wildman–Crippen MR) is 64.6 cm³/mol. The molecule has 0 saturated heterocycles. The number of ether oxygens (including phenoxy) is 2. The summed E-state index contributed by atoms with van der Waals surface area (Å²) in [6.45, 7) is 2.52. The van der Waals surface area contributed by atoms with Gasteiger partial charge in [0.05, 0.1) is 11.8 Å². The summed E-state index contributed by atoms with van der Waals surface area (Å²) in [6.07, 6.45) is 2.73. The second kappa shape index (κ2) is 5.34. The molecular weight excluding hydrogens is 250 g/mol. The summed E-state index contributed by atoms with van der Waals surface area (Å²) in [6, 6.07) is 4.86. The number of para-hydroxylation sites is 1. The number of carbonyl (C=O) groups is 2. The molecule has 0 amide bonds. The summed E-state index contributed by atoms with van der Waals surface area (Å²) >= 11 is 0. The zero-order valence-corrected chi connectivity index (χ0v) is 10.4. The van der Waals surface area contributed by atoms with E-state index in [2.05, 4.69) is 4.98 Å². The Bertz CT molecular complexity index is 604. The van der Waals surface area contributed by atoms with Crippen LogP contribution in [0.15, 0.2) is 35.2 Å². The van der Waals surface area contributed by atoms with Gasteiger partial charge in [-0.1, -0.05) is 6.07 Å². The molecule has 0 saturated carbocycles. The van der Waals surface area contributed by atoms with Gasteiger partial charge in [0.1, 0.15) is 0 Å². The van der Waals surface area contributed by atoms with Gasteiger partial charge in [0, 0.05) is 13.8 Å². The zero-order valence-electron chi connectivity index (χ0n) is 10.4. The molecule has 1 heterocycles. The van der Waals surface area contributed by atoms with Crippen LogP contribution in [0.2, 0.25) is 0 Å². The van der Waals surface area contributed by atoms with Crippen molar-refractivity contribution in [1.82, 2.24) is 4.98 Å². The highest BCUT2D eigenvalue weighted by Crippen LogP contribution is 2.38. The Kier molecular flexibility index (Phi) is 3.61. The Balaban J connectivity index is 2.53. The number of rotatable bonds is 3. The van der Waals surface area contributed by atoms with Gasteiger partial charge in [0.2, 0.25) is 0 Å². The first kappa shape index (κ1) is 12.8. The van der Waals surface area contributed by atoms with Crippen LogP contribution in [-0.4, -0.2) is 16.9 Å². The Morgan fingerprint density at radius 3 is 2.47 bits per heavy atom. The third kappa shape index (κ3) is 2.98. The van der Waals surface area contributed by atoms with E-state index in [9.17, 15) is 9.59 Å². The maximum absolute atomic E-state index is 11.2. The minimum absolute atomic E-state index is 0.127. The fourth-order valence-electron chi connectivity index (χ4n) is 1.54. The van der Waals surface area contributed by atoms with E-state index in [0.29, 0.717) is 11.3 Å². The lowest BCUT2D eigenvalue weighted by Crippen LogP contribution is -2.08. The Labute approximate surface area is 109 Å². The summed E-state index contributed by atoms with van der Waals surface area (Å²) < 4.78 is 15.3. The lowest BCUT2D eigenvalue weighted by molar-refractivity contribution is -0.134.